The standard InChI is InChI=1S/C8H10N4O/c9-3-7(13)6-5-12-2-1-10-4-8(12)11-6/h1-2,4-5,7,13H,3,9H2. The summed E-state index contributed by atoms with van der Waals surface area (Å²) in [6.07, 6.45) is 6.11. The third-order valence-corrected chi connectivity index (χ3v) is 1.85. The van der Waals surface area contributed by atoms with E-state index in [9.17, 15) is 5.11 Å². The van der Waals surface area contributed by atoms with Gasteiger partial charge in [0.1, 0.15) is 6.10 Å². The zero-order valence-electron chi connectivity index (χ0n) is 6.96. The van der Waals surface area contributed by atoms with Crippen molar-refractivity contribution in [3.8, 4) is 0 Å². The van der Waals surface area contributed by atoms with E-state index in [0.717, 1.165) is 0 Å². The van der Waals surface area contributed by atoms with E-state index < -0.39 is 6.10 Å². The summed E-state index contributed by atoms with van der Waals surface area (Å²) in [6.45, 7) is 0.178. The maximum absolute atomic E-state index is 9.41. The predicted molar refractivity (Wildman–Crippen MR) is 47.0 cm³/mol. The van der Waals surface area contributed by atoms with Crippen LogP contribution in [0.4, 0.5) is 0 Å². The van der Waals surface area contributed by atoms with Gasteiger partial charge in [0, 0.05) is 25.1 Å². The number of rotatable bonds is 2. The summed E-state index contributed by atoms with van der Waals surface area (Å²) in [4.78, 5) is 8.07. The first kappa shape index (κ1) is 8.15. The summed E-state index contributed by atoms with van der Waals surface area (Å²) >= 11 is 0. The number of hydrogen-bond acceptors (Lipinski definition) is 4. The molecule has 0 bridgehead atoms. The van der Waals surface area contributed by atoms with Crippen LogP contribution in [0.3, 0.4) is 0 Å². The minimum Gasteiger partial charge on any atom is -0.385 e. The molecule has 0 radical (unpaired) electrons. The molecule has 0 aliphatic carbocycles. The molecular weight excluding hydrogens is 168 g/mol. The van der Waals surface area contributed by atoms with Gasteiger partial charge in [0.15, 0.2) is 5.65 Å². The van der Waals surface area contributed by atoms with E-state index in [0.29, 0.717) is 11.3 Å². The van der Waals surface area contributed by atoms with Gasteiger partial charge in [-0.3, -0.25) is 4.98 Å². The highest BCUT2D eigenvalue weighted by molar-refractivity contribution is 5.36. The third-order valence-electron chi connectivity index (χ3n) is 1.85. The fourth-order valence-electron chi connectivity index (χ4n) is 1.14. The Hall–Kier alpha value is -1.46. The van der Waals surface area contributed by atoms with E-state index in [2.05, 4.69) is 9.97 Å². The van der Waals surface area contributed by atoms with Gasteiger partial charge in [0.25, 0.3) is 0 Å². The highest BCUT2D eigenvalue weighted by Crippen LogP contribution is 2.10. The predicted octanol–water partition coefficient (Wildman–Crippen LogP) is -0.279. The van der Waals surface area contributed by atoms with E-state index in [-0.39, 0.29) is 6.54 Å². The molecule has 0 aliphatic heterocycles. The summed E-state index contributed by atoms with van der Waals surface area (Å²) in [5.74, 6) is 0. The summed E-state index contributed by atoms with van der Waals surface area (Å²) in [6, 6.07) is 0. The zero-order valence-corrected chi connectivity index (χ0v) is 6.96. The van der Waals surface area contributed by atoms with Crippen molar-refractivity contribution >= 4 is 5.65 Å². The first-order valence-corrected chi connectivity index (χ1v) is 3.98. The van der Waals surface area contributed by atoms with Crippen molar-refractivity contribution in [2.75, 3.05) is 6.54 Å². The van der Waals surface area contributed by atoms with E-state index in [1.54, 1.807) is 29.2 Å². The van der Waals surface area contributed by atoms with Crippen LogP contribution < -0.4 is 5.73 Å². The monoisotopic (exact) mass is 178 g/mol. The van der Waals surface area contributed by atoms with E-state index >= 15 is 0 Å². The molecule has 3 N–H and O–H groups in total. The topological polar surface area (TPSA) is 76.4 Å². The minimum absolute atomic E-state index is 0.178. The number of hydrogen-bond donors (Lipinski definition) is 2. The van der Waals surface area contributed by atoms with Crippen molar-refractivity contribution in [2.24, 2.45) is 5.73 Å². The van der Waals surface area contributed by atoms with Crippen LogP contribution >= 0.6 is 0 Å². The lowest BCUT2D eigenvalue weighted by Gasteiger charge is -2.00. The fourth-order valence-corrected chi connectivity index (χ4v) is 1.14. The van der Waals surface area contributed by atoms with Gasteiger partial charge in [-0.2, -0.15) is 0 Å². The van der Waals surface area contributed by atoms with Crippen molar-refractivity contribution in [1.82, 2.24) is 14.4 Å². The molecule has 0 spiro atoms. The van der Waals surface area contributed by atoms with Crippen molar-refractivity contribution in [2.45, 2.75) is 6.10 Å². The summed E-state index contributed by atoms with van der Waals surface area (Å²) in [7, 11) is 0. The van der Waals surface area contributed by atoms with Crippen LogP contribution in [0.25, 0.3) is 5.65 Å². The second kappa shape index (κ2) is 3.12. The number of aliphatic hydroxyl groups excluding tert-OH is 1. The van der Waals surface area contributed by atoms with Gasteiger partial charge < -0.3 is 15.2 Å². The Morgan fingerprint density at radius 1 is 1.62 bits per heavy atom. The number of aliphatic hydroxyl groups is 1. The van der Waals surface area contributed by atoms with Gasteiger partial charge in [-0.15, -0.1) is 0 Å². The Morgan fingerprint density at radius 2 is 2.46 bits per heavy atom. The van der Waals surface area contributed by atoms with Gasteiger partial charge in [-0.25, -0.2) is 4.98 Å². The van der Waals surface area contributed by atoms with Crippen molar-refractivity contribution < 1.29 is 5.11 Å². The Bertz CT molecular complexity index is 378. The lowest BCUT2D eigenvalue weighted by atomic mass is 10.3. The quantitative estimate of drug-likeness (QED) is 0.663. The smallest absolute Gasteiger partial charge is 0.155 e. The van der Waals surface area contributed by atoms with E-state index in [1.165, 1.54) is 0 Å². The summed E-state index contributed by atoms with van der Waals surface area (Å²) in [5.41, 5.74) is 6.60. The van der Waals surface area contributed by atoms with Gasteiger partial charge >= 0.3 is 0 Å². The lowest BCUT2D eigenvalue weighted by Crippen LogP contribution is -2.11. The Morgan fingerprint density at radius 3 is 3.15 bits per heavy atom. The second-order valence-electron chi connectivity index (χ2n) is 2.76. The average molecular weight is 178 g/mol. The molecule has 2 aromatic heterocycles. The Balaban J connectivity index is 2.49. The highest BCUT2D eigenvalue weighted by atomic mass is 16.3. The molecule has 2 rings (SSSR count). The lowest BCUT2D eigenvalue weighted by molar-refractivity contribution is 0.182. The molecule has 0 amide bonds. The van der Waals surface area contributed by atoms with Crippen LogP contribution in [0.1, 0.15) is 11.8 Å². The van der Waals surface area contributed by atoms with E-state index in [4.69, 9.17) is 5.73 Å². The third kappa shape index (κ3) is 1.39. The van der Waals surface area contributed by atoms with Crippen LogP contribution in [-0.4, -0.2) is 26.0 Å². The zero-order chi connectivity index (χ0) is 9.26. The number of nitrogens with zero attached hydrogens (tertiary/aromatic N) is 3. The molecule has 2 heterocycles. The minimum atomic E-state index is -0.695. The number of aromatic nitrogens is 3. The largest absolute Gasteiger partial charge is 0.385 e. The molecule has 0 fully saturated rings. The molecule has 5 nitrogen and oxygen atoms in total. The van der Waals surface area contributed by atoms with Gasteiger partial charge in [0.2, 0.25) is 0 Å². The number of imidazole rings is 1. The molecule has 1 atom stereocenters. The van der Waals surface area contributed by atoms with Crippen molar-refractivity contribution in [3.05, 3.63) is 30.5 Å². The Labute approximate surface area is 74.9 Å². The molecule has 0 saturated carbocycles. The molecule has 1 unspecified atom stereocenters. The maximum atomic E-state index is 9.41. The number of nitrogens with two attached hydrogens (primary N) is 1. The van der Waals surface area contributed by atoms with Crippen LogP contribution in [0, 0.1) is 0 Å². The van der Waals surface area contributed by atoms with E-state index in [1.807, 2.05) is 0 Å². The van der Waals surface area contributed by atoms with Crippen molar-refractivity contribution in [1.29, 1.82) is 0 Å². The molecule has 13 heavy (non-hydrogen) atoms. The SMILES string of the molecule is NCC(O)c1cn2ccncc2n1. The maximum Gasteiger partial charge on any atom is 0.155 e. The fraction of sp³-hybridized carbons (Fsp3) is 0.250. The van der Waals surface area contributed by atoms with Crippen molar-refractivity contribution in [3.63, 3.8) is 0 Å². The van der Waals surface area contributed by atoms with Crippen LogP contribution in [0.2, 0.25) is 0 Å². The normalized spacial score (nSPS) is 13.4. The van der Waals surface area contributed by atoms with Gasteiger partial charge in [-0.1, -0.05) is 0 Å². The van der Waals surface area contributed by atoms with Gasteiger partial charge in [-0.05, 0) is 0 Å². The second-order valence-corrected chi connectivity index (χ2v) is 2.76. The number of fused-ring (bicyclic) bond motifs is 1. The van der Waals surface area contributed by atoms with Crippen LogP contribution in [0.15, 0.2) is 24.8 Å². The molecule has 5 heteroatoms. The Kier molecular flexibility index (Phi) is 1.96. The summed E-state index contributed by atoms with van der Waals surface area (Å²) < 4.78 is 1.79. The summed E-state index contributed by atoms with van der Waals surface area (Å²) in [5, 5.41) is 9.41. The van der Waals surface area contributed by atoms with Crippen LogP contribution in [-0.2, 0) is 0 Å². The molecule has 2 aromatic rings. The first-order chi connectivity index (χ1) is 6.31. The molecule has 68 valence electrons. The molecule has 0 aromatic carbocycles. The van der Waals surface area contributed by atoms with Crippen LogP contribution in [0.5, 0.6) is 0 Å². The highest BCUT2D eigenvalue weighted by Gasteiger charge is 2.09. The average Bonchev–Trinajstić information content (AvgIpc) is 2.59. The molecule has 0 aliphatic rings. The first-order valence-electron chi connectivity index (χ1n) is 3.98. The molecule has 0 saturated heterocycles. The molecular formula is C8H10N4O. The van der Waals surface area contributed by atoms with Gasteiger partial charge in [0.05, 0.1) is 11.9 Å².